The Balaban J connectivity index is 2.02. The number of amides is 1. The summed E-state index contributed by atoms with van der Waals surface area (Å²) in [7, 11) is 0. The summed E-state index contributed by atoms with van der Waals surface area (Å²) >= 11 is 0. The smallest absolute Gasteiger partial charge is 0.230 e. The van der Waals surface area contributed by atoms with Gasteiger partial charge >= 0.3 is 0 Å². The molecule has 84 valence electrons. The van der Waals surface area contributed by atoms with Gasteiger partial charge in [-0.15, -0.1) is 0 Å². The van der Waals surface area contributed by atoms with Gasteiger partial charge in [0.2, 0.25) is 5.91 Å². The van der Waals surface area contributed by atoms with E-state index < -0.39 is 0 Å². The number of aromatic nitrogens is 2. The van der Waals surface area contributed by atoms with Crippen LogP contribution in [-0.4, -0.2) is 33.1 Å². The van der Waals surface area contributed by atoms with Crippen LogP contribution >= 0.6 is 0 Å². The lowest BCUT2D eigenvalue weighted by molar-refractivity contribution is -0.139. The van der Waals surface area contributed by atoms with Gasteiger partial charge in [-0.3, -0.25) is 19.6 Å². The molecule has 1 aliphatic heterocycles. The van der Waals surface area contributed by atoms with Crippen molar-refractivity contribution in [3.63, 3.8) is 0 Å². The summed E-state index contributed by atoms with van der Waals surface area (Å²) in [6.45, 7) is 2.80. The maximum absolute atomic E-state index is 11.5. The first-order chi connectivity index (χ1) is 7.65. The zero-order valence-electron chi connectivity index (χ0n) is 9.14. The summed E-state index contributed by atoms with van der Waals surface area (Å²) in [4.78, 5) is 32.5. The first-order valence-corrected chi connectivity index (χ1v) is 5.22. The highest BCUT2D eigenvalue weighted by Crippen LogP contribution is 2.10. The van der Waals surface area contributed by atoms with Crippen molar-refractivity contribution in [2.24, 2.45) is 0 Å². The van der Waals surface area contributed by atoms with Gasteiger partial charge in [-0.2, -0.15) is 0 Å². The van der Waals surface area contributed by atoms with E-state index in [9.17, 15) is 9.59 Å². The number of aryl methyl sites for hydroxylation is 1. The van der Waals surface area contributed by atoms with E-state index in [1.807, 2.05) is 6.92 Å². The molecule has 5 heteroatoms. The molecule has 0 atom stereocenters. The molecule has 1 saturated heterocycles. The fourth-order valence-corrected chi connectivity index (χ4v) is 1.62. The van der Waals surface area contributed by atoms with E-state index in [1.165, 1.54) is 0 Å². The van der Waals surface area contributed by atoms with Crippen molar-refractivity contribution >= 4 is 11.7 Å². The largest absolute Gasteiger partial charge is 0.336 e. The predicted molar refractivity (Wildman–Crippen MR) is 56.4 cm³/mol. The number of ketones is 1. The zero-order valence-corrected chi connectivity index (χ0v) is 9.14. The Morgan fingerprint density at radius 2 is 2.12 bits per heavy atom. The maximum atomic E-state index is 11.5. The van der Waals surface area contributed by atoms with Crippen molar-refractivity contribution < 1.29 is 9.59 Å². The van der Waals surface area contributed by atoms with Gasteiger partial charge in [0.25, 0.3) is 0 Å². The number of rotatable bonds is 2. The van der Waals surface area contributed by atoms with E-state index in [1.54, 1.807) is 17.3 Å². The van der Waals surface area contributed by atoms with Gasteiger partial charge < -0.3 is 4.90 Å². The predicted octanol–water partition coefficient (Wildman–Crippen LogP) is 0.477. The van der Waals surface area contributed by atoms with E-state index in [2.05, 4.69) is 9.97 Å². The van der Waals surface area contributed by atoms with Crippen LogP contribution in [0.15, 0.2) is 12.4 Å². The number of piperidine rings is 1. The van der Waals surface area contributed by atoms with Gasteiger partial charge in [0.15, 0.2) is 0 Å². The molecular weight excluding hydrogens is 206 g/mol. The number of carbonyl (C=O) groups excluding carboxylic acids is 2. The number of nitrogens with zero attached hydrogens (tertiary/aromatic N) is 3. The molecule has 0 saturated carbocycles. The van der Waals surface area contributed by atoms with Crippen LogP contribution in [0.1, 0.15) is 24.2 Å². The molecule has 0 unspecified atom stereocenters. The van der Waals surface area contributed by atoms with Gasteiger partial charge in [-0.1, -0.05) is 0 Å². The number of Topliss-reactive ketones (excluding diaryl/α,β-unsaturated/α-hetero) is 1. The van der Waals surface area contributed by atoms with Crippen LogP contribution in [0.5, 0.6) is 0 Å². The summed E-state index contributed by atoms with van der Waals surface area (Å²) in [5, 5.41) is 0. The molecule has 1 aromatic rings. The third-order valence-electron chi connectivity index (χ3n) is 2.55. The van der Waals surface area contributed by atoms with Crippen LogP contribution in [-0.2, 0) is 16.1 Å². The van der Waals surface area contributed by atoms with Crippen molar-refractivity contribution in [1.29, 1.82) is 0 Å². The average molecular weight is 219 g/mol. The second-order valence-corrected chi connectivity index (χ2v) is 3.93. The molecule has 0 radical (unpaired) electrons. The molecule has 0 bridgehead atoms. The minimum atomic E-state index is -0.112. The number of hydrogen-bond acceptors (Lipinski definition) is 4. The minimum Gasteiger partial charge on any atom is -0.336 e. The third-order valence-corrected chi connectivity index (χ3v) is 2.55. The standard InChI is InChI=1S/C11H13N3O2/c1-8-5-13-9(6-12-8)7-14-3-2-10(15)4-11(14)16/h5-6H,2-4,7H2,1H3. The van der Waals surface area contributed by atoms with E-state index >= 15 is 0 Å². The molecule has 16 heavy (non-hydrogen) atoms. The molecular formula is C11H13N3O2. The monoisotopic (exact) mass is 219 g/mol. The lowest BCUT2D eigenvalue weighted by Gasteiger charge is -2.25. The van der Waals surface area contributed by atoms with Crippen molar-refractivity contribution in [3.8, 4) is 0 Å². The van der Waals surface area contributed by atoms with Crippen molar-refractivity contribution in [2.45, 2.75) is 26.3 Å². The fourth-order valence-electron chi connectivity index (χ4n) is 1.62. The third kappa shape index (κ3) is 2.42. The highest BCUT2D eigenvalue weighted by atomic mass is 16.2. The normalized spacial score (nSPS) is 16.7. The minimum absolute atomic E-state index is 0.0243. The van der Waals surface area contributed by atoms with Crippen molar-refractivity contribution in [1.82, 2.24) is 14.9 Å². The molecule has 0 spiro atoms. The number of carbonyl (C=O) groups is 2. The number of hydrogen-bond donors (Lipinski definition) is 0. The van der Waals surface area contributed by atoms with Gasteiger partial charge in [0.05, 0.1) is 30.6 Å². The summed E-state index contributed by atoms with van der Waals surface area (Å²) < 4.78 is 0. The van der Waals surface area contributed by atoms with Gasteiger partial charge in [-0.05, 0) is 6.92 Å². The molecule has 1 aliphatic rings. The highest BCUT2D eigenvalue weighted by Gasteiger charge is 2.23. The quantitative estimate of drug-likeness (QED) is 0.678. The van der Waals surface area contributed by atoms with Crippen LogP contribution in [0, 0.1) is 6.92 Å². The van der Waals surface area contributed by atoms with Crippen LogP contribution in [0.4, 0.5) is 0 Å². The Kier molecular flexibility index (Phi) is 2.94. The lowest BCUT2D eigenvalue weighted by atomic mass is 10.1. The lowest BCUT2D eigenvalue weighted by Crippen LogP contribution is -2.38. The number of likely N-dealkylation sites (tertiary alicyclic amines) is 1. The molecule has 1 fully saturated rings. The Morgan fingerprint density at radius 1 is 1.31 bits per heavy atom. The van der Waals surface area contributed by atoms with E-state index in [4.69, 9.17) is 0 Å². The van der Waals surface area contributed by atoms with Crippen LogP contribution < -0.4 is 0 Å². The molecule has 2 heterocycles. The summed E-state index contributed by atoms with van der Waals surface area (Å²) in [6, 6.07) is 0. The van der Waals surface area contributed by atoms with E-state index in [0.717, 1.165) is 11.4 Å². The first kappa shape index (κ1) is 10.7. The SMILES string of the molecule is Cc1cnc(CN2CCC(=O)CC2=O)cn1. The summed E-state index contributed by atoms with van der Waals surface area (Å²) in [5.74, 6) is -0.0881. The fraction of sp³-hybridized carbons (Fsp3) is 0.455. The molecule has 5 nitrogen and oxygen atoms in total. The Labute approximate surface area is 93.5 Å². The molecule has 0 N–H and O–H groups in total. The second kappa shape index (κ2) is 4.38. The first-order valence-electron chi connectivity index (χ1n) is 5.22. The Hall–Kier alpha value is -1.78. The van der Waals surface area contributed by atoms with Gasteiger partial charge in [-0.25, -0.2) is 0 Å². The van der Waals surface area contributed by atoms with Crippen LogP contribution in [0.3, 0.4) is 0 Å². The Bertz CT molecular complexity index is 414. The van der Waals surface area contributed by atoms with Crippen LogP contribution in [0.25, 0.3) is 0 Å². The molecule has 0 aliphatic carbocycles. The van der Waals surface area contributed by atoms with Gasteiger partial charge in [0, 0.05) is 19.2 Å². The van der Waals surface area contributed by atoms with Crippen molar-refractivity contribution in [3.05, 3.63) is 23.8 Å². The van der Waals surface area contributed by atoms with Crippen molar-refractivity contribution in [2.75, 3.05) is 6.54 Å². The second-order valence-electron chi connectivity index (χ2n) is 3.93. The zero-order chi connectivity index (χ0) is 11.5. The molecule has 0 aromatic carbocycles. The topological polar surface area (TPSA) is 63.2 Å². The van der Waals surface area contributed by atoms with E-state index in [-0.39, 0.29) is 18.1 Å². The highest BCUT2D eigenvalue weighted by molar-refractivity contribution is 6.00. The Morgan fingerprint density at radius 3 is 2.75 bits per heavy atom. The molecule has 1 amide bonds. The maximum Gasteiger partial charge on any atom is 0.230 e. The van der Waals surface area contributed by atoms with Gasteiger partial charge in [0.1, 0.15) is 5.78 Å². The van der Waals surface area contributed by atoms with E-state index in [0.29, 0.717) is 19.5 Å². The summed E-state index contributed by atoms with van der Waals surface area (Å²) in [5.41, 5.74) is 1.61. The van der Waals surface area contributed by atoms with Crippen LogP contribution in [0.2, 0.25) is 0 Å². The molecule has 2 rings (SSSR count). The summed E-state index contributed by atoms with van der Waals surface area (Å²) in [6.07, 6.45) is 3.82. The molecule has 1 aromatic heterocycles. The average Bonchev–Trinajstić information content (AvgIpc) is 2.25.